The molecule has 1 aliphatic rings. The summed E-state index contributed by atoms with van der Waals surface area (Å²) in [5.41, 5.74) is 1.53. The lowest BCUT2D eigenvalue weighted by Gasteiger charge is -2.29. The van der Waals surface area contributed by atoms with Crippen LogP contribution in [0, 0.1) is 5.41 Å². The van der Waals surface area contributed by atoms with Crippen molar-refractivity contribution in [3.8, 4) is 0 Å². The van der Waals surface area contributed by atoms with E-state index in [0.29, 0.717) is 0 Å². The van der Waals surface area contributed by atoms with Gasteiger partial charge in [-0.3, -0.25) is 0 Å². The van der Waals surface area contributed by atoms with Crippen molar-refractivity contribution in [3.63, 3.8) is 0 Å². The second-order valence-corrected chi connectivity index (χ2v) is 6.19. The first-order valence-corrected chi connectivity index (χ1v) is 7.57. The highest BCUT2D eigenvalue weighted by Gasteiger charge is 2.28. The molecular weight excluding hydrogens is 234 g/mol. The Bertz CT molecular complexity index is 361. The number of hydrogen-bond acceptors (Lipinski definition) is 2. The molecule has 1 N–H and O–H groups in total. The second kappa shape index (κ2) is 7.06. The van der Waals surface area contributed by atoms with Gasteiger partial charge in [0.25, 0.3) is 0 Å². The fraction of sp³-hybridized carbons (Fsp3) is 0.647. The van der Waals surface area contributed by atoms with E-state index >= 15 is 0 Å². The van der Waals surface area contributed by atoms with Gasteiger partial charge < -0.3 is 10.1 Å². The quantitative estimate of drug-likeness (QED) is 0.731. The number of hydrogen-bond donors (Lipinski definition) is 1. The summed E-state index contributed by atoms with van der Waals surface area (Å²) in [6.07, 6.45) is 5.15. The van der Waals surface area contributed by atoms with E-state index in [2.05, 4.69) is 43.4 Å². The summed E-state index contributed by atoms with van der Waals surface area (Å²) < 4.78 is 5.95. The number of rotatable bonds is 9. The largest absolute Gasteiger partial charge is 0.376 e. The Hall–Kier alpha value is -0.860. The van der Waals surface area contributed by atoms with E-state index < -0.39 is 0 Å². The van der Waals surface area contributed by atoms with Gasteiger partial charge in [-0.2, -0.15) is 0 Å². The Kier molecular flexibility index (Phi) is 5.41. The molecule has 0 saturated heterocycles. The summed E-state index contributed by atoms with van der Waals surface area (Å²) in [6, 6.07) is 11.2. The zero-order chi connectivity index (χ0) is 13.6. The molecule has 0 bridgehead atoms. The third-order valence-electron chi connectivity index (χ3n) is 3.81. The molecule has 0 aromatic heterocycles. The summed E-state index contributed by atoms with van der Waals surface area (Å²) in [7, 11) is 0. The van der Waals surface area contributed by atoms with Crippen molar-refractivity contribution in [1.82, 2.24) is 5.32 Å². The lowest BCUT2D eigenvalue weighted by atomic mass is 9.86. The summed E-state index contributed by atoms with van der Waals surface area (Å²) in [5.74, 6) is 0. The average Bonchev–Trinajstić information content (AvgIpc) is 3.22. The lowest BCUT2D eigenvalue weighted by molar-refractivity contribution is 0.0371. The van der Waals surface area contributed by atoms with E-state index in [0.717, 1.165) is 25.8 Å². The third kappa shape index (κ3) is 5.33. The Morgan fingerprint density at radius 1 is 1.26 bits per heavy atom. The van der Waals surface area contributed by atoms with Crippen LogP contribution in [0.1, 0.15) is 45.1 Å². The highest BCUT2D eigenvalue weighted by molar-refractivity contribution is 5.13. The highest BCUT2D eigenvalue weighted by atomic mass is 16.5. The van der Waals surface area contributed by atoms with Crippen LogP contribution in [-0.4, -0.2) is 19.2 Å². The minimum absolute atomic E-state index is 0.270. The SMILES string of the molecule is CCCC(C)(CNC1CC1)COCc1ccccc1. The van der Waals surface area contributed by atoms with Gasteiger partial charge in [0.15, 0.2) is 0 Å². The van der Waals surface area contributed by atoms with Crippen molar-refractivity contribution in [2.45, 2.75) is 52.2 Å². The van der Waals surface area contributed by atoms with Crippen LogP contribution >= 0.6 is 0 Å². The molecular formula is C17H27NO. The van der Waals surface area contributed by atoms with E-state index in [9.17, 15) is 0 Å². The van der Waals surface area contributed by atoms with E-state index in [-0.39, 0.29) is 5.41 Å². The monoisotopic (exact) mass is 261 g/mol. The van der Waals surface area contributed by atoms with E-state index in [1.54, 1.807) is 0 Å². The molecule has 0 radical (unpaired) electrons. The van der Waals surface area contributed by atoms with Crippen LogP contribution in [0.2, 0.25) is 0 Å². The topological polar surface area (TPSA) is 21.3 Å². The van der Waals surface area contributed by atoms with Crippen LogP contribution in [0.4, 0.5) is 0 Å². The molecule has 0 heterocycles. The molecule has 0 aliphatic heterocycles. The first-order chi connectivity index (χ1) is 9.22. The zero-order valence-corrected chi connectivity index (χ0v) is 12.3. The number of nitrogens with one attached hydrogen (secondary N) is 1. The number of benzene rings is 1. The second-order valence-electron chi connectivity index (χ2n) is 6.19. The molecule has 2 rings (SSSR count). The number of ether oxygens (including phenoxy) is 1. The highest BCUT2D eigenvalue weighted by Crippen LogP contribution is 2.26. The Labute approximate surface area is 117 Å². The summed E-state index contributed by atoms with van der Waals surface area (Å²) in [6.45, 7) is 7.25. The average molecular weight is 261 g/mol. The maximum absolute atomic E-state index is 5.95. The molecule has 1 saturated carbocycles. The third-order valence-corrected chi connectivity index (χ3v) is 3.81. The van der Waals surface area contributed by atoms with Crippen molar-refractivity contribution in [2.24, 2.45) is 5.41 Å². The van der Waals surface area contributed by atoms with Crippen LogP contribution in [-0.2, 0) is 11.3 Å². The lowest BCUT2D eigenvalue weighted by Crippen LogP contribution is -2.36. The van der Waals surface area contributed by atoms with Gasteiger partial charge in [-0.1, -0.05) is 50.6 Å². The molecule has 1 atom stereocenters. The maximum Gasteiger partial charge on any atom is 0.0717 e. The minimum Gasteiger partial charge on any atom is -0.376 e. The zero-order valence-electron chi connectivity index (χ0n) is 12.3. The molecule has 1 aromatic carbocycles. The molecule has 0 spiro atoms. The van der Waals surface area contributed by atoms with E-state index in [1.807, 2.05) is 6.07 Å². The van der Waals surface area contributed by atoms with Crippen LogP contribution < -0.4 is 5.32 Å². The fourth-order valence-electron chi connectivity index (χ4n) is 2.48. The first kappa shape index (κ1) is 14.5. The first-order valence-electron chi connectivity index (χ1n) is 7.57. The van der Waals surface area contributed by atoms with Gasteiger partial charge in [0, 0.05) is 18.0 Å². The van der Waals surface area contributed by atoms with Crippen molar-refractivity contribution in [1.29, 1.82) is 0 Å². The van der Waals surface area contributed by atoms with Crippen molar-refractivity contribution in [2.75, 3.05) is 13.2 Å². The molecule has 1 unspecified atom stereocenters. The predicted molar refractivity (Wildman–Crippen MR) is 80.1 cm³/mol. The minimum atomic E-state index is 0.270. The molecule has 19 heavy (non-hydrogen) atoms. The van der Waals surface area contributed by atoms with Gasteiger partial charge in [-0.05, 0) is 24.8 Å². The predicted octanol–water partition coefficient (Wildman–Crippen LogP) is 3.76. The van der Waals surface area contributed by atoms with Gasteiger partial charge >= 0.3 is 0 Å². The van der Waals surface area contributed by atoms with Crippen molar-refractivity contribution in [3.05, 3.63) is 35.9 Å². The summed E-state index contributed by atoms with van der Waals surface area (Å²) in [5, 5.41) is 3.65. The van der Waals surface area contributed by atoms with Crippen molar-refractivity contribution < 1.29 is 4.74 Å². The van der Waals surface area contributed by atoms with Gasteiger partial charge in [0.1, 0.15) is 0 Å². The van der Waals surface area contributed by atoms with Gasteiger partial charge in [-0.25, -0.2) is 0 Å². The summed E-state index contributed by atoms with van der Waals surface area (Å²) >= 11 is 0. The fourth-order valence-corrected chi connectivity index (χ4v) is 2.48. The molecule has 1 aliphatic carbocycles. The summed E-state index contributed by atoms with van der Waals surface area (Å²) in [4.78, 5) is 0. The Morgan fingerprint density at radius 3 is 2.63 bits per heavy atom. The molecule has 1 aromatic rings. The van der Waals surface area contributed by atoms with Crippen LogP contribution in [0.5, 0.6) is 0 Å². The van der Waals surface area contributed by atoms with Gasteiger partial charge in [0.2, 0.25) is 0 Å². The van der Waals surface area contributed by atoms with Gasteiger partial charge in [0.05, 0.1) is 13.2 Å². The standard InChI is InChI=1S/C17H27NO/c1-3-11-17(2,13-18-16-9-10-16)14-19-12-15-7-5-4-6-8-15/h4-8,16,18H,3,9-14H2,1-2H3. The van der Waals surface area contributed by atoms with Crippen LogP contribution in [0.25, 0.3) is 0 Å². The molecule has 2 heteroatoms. The van der Waals surface area contributed by atoms with E-state index in [1.165, 1.54) is 31.2 Å². The molecule has 106 valence electrons. The Morgan fingerprint density at radius 2 is 2.00 bits per heavy atom. The van der Waals surface area contributed by atoms with Crippen LogP contribution in [0.15, 0.2) is 30.3 Å². The molecule has 2 nitrogen and oxygen atoms in total. The smallest absolute Gasteiger partial charge is 0.0717 e. The maximum atomic E-state index is 5.95. The Balaban J connectivity index is 1.75. The van der Waals surface area contributed by atoms with Gasteiger partial charge in [-0.15, -0.1) is 0 Å². The molecule has 0 amide bonds. The normalized spacial score (nSPS) is 18.2. The van der Waals surface area contributed by atoms with E-state index in [4.69, 9.17) is 4.74 Å². The molecule has 1 fully saturated rings. The van der Waals surface area contributed by atoms with Crippen molar-refractivity contribution >= 4 is 0 Å². The van der Waals surface area contributed by atoms with Crippen LogP contribution in [0.3, 0.4) is 0 Å².